The molecule has 0 heterocycles. The maximum absolute atomic E-state index is 13.1. The molecule has 0 unspecified atom stereocenters. The first-order chi connectivity index (χ1) is 15.6. The molecule has 0 saturated carbocycles. The maximum atomic E-state index is 13.1. The van der Waals surface area contributed by atoms with Crippen LogP contribution in [0.2, 0.25) is 0 Å². The Bertz CT molecular complexity index is 1340. The summed E-state index contributed by atoms with van der Waals surface area (Å²) in [6.07, 6.45) is 1.06. The summed E-state index contributed by atoms with van der Waals surface area (Å²) in [5, 5.41) is 43.8. The monoisotopic (exact) mass is 474 g/mol. The van der Waals surface area contributed by atoms with Crippen molar-refractivity contribution in [2.24, 2.45) is 5.10 Å². The van der Waals surface area contributed by atoms with Crippen molar-refractivity contribution in [2.45, 2.75) is 4.90 Å². The van der Waals surface area contributed by atoms with E-state index in [2.05, 4.69) is 15.2 Å². The van der Waals surface area contributed by atoms with Gasteiger partial charge in [0.25, 0.3) is 15.7 Å². The van der Waals surface area contributed by atoms with Gasteiger partial charge in [-0.05, 0) is 30.3 Å². The topological polar surface area (TPSA) is 184 Å². The van der Waals surface area contributed by atoms with Crippen LogP contribution in [0.4, 0.5) is 17.1 Å². The summed E-state index contributed by atoms with van der Waals surface area (Å²) in [6.45, 7) is 0. The van der Waals surface area contributed by atoms with Gasteiger partial charge in [-0.25, -0.2) is 8.42 Å². The van der Waals surface area contributed by atoms with E-state index >= 15 is 0 Å². The van der Waals surface area contributed by atoms with E-state index in [4.69, 9.17) is 4.74 Å². The summed E-state index contributed by atoms with van der Waals surface area (Å²) >= 11 is 0. The molecule has 172 valence electrons. The predicted molar refractivity (Wildman–Crippen MR) is 120 cm³/mol. The van der Waals surface area contributed by atoms with Gasteiger partial charge in [-0.1, -0.05) is 12.1 Å². The lowest BCUT2D eigenvalue weighted by molar-refractivity contribution is -0.385. The van der Waals surface area contributed by atoms with Crippen molar-refractivity contribution in [1.29, 1.82) is 0 Å². The molecule has 0 aliphatic rings. The summed E-state index contributed by atoms with van der Waals surface area (Å²) in [5.41, 5.74) is 2.00. The molecule has 0 aliphatic heterocycles. The summed E-state index contributed by atoms with van der Waals surface area (Å²) < 4.78 is 33.6. The van der Waals surface area contributed by atoms with E-state index in [9.17, 15) is 33.9 Å². The number of rotatable bonds is 8. The Morgan fingerprint density at radius 2 is 1.76 bits per heavy atom. The van der Waals surface area contributed by atoms with E-state index in [0.717, 1.165) is 30.5 Å². The molecule has 0 saturated heterocycles. The van der Waals surface area contributed by atoms with Crippen LogP contribution >= 0.6 is 0 Å². The molecule has 0 bridgehead atoms. The van der Waals surface area contributed by atoms with Crippen LogP contribution in [0.25, 0.3) is 0 Å². The Morgan fingerprint density at radius 3 is 2.45 bits per heavy atom. The molecule has 0 amide bonds. The summed E-state index contributed by atoms with van der Waals surface area (Å²) in [4.78, 5) is 9.98. The van der Waals surface area contributed by atoms with Crippen molar-refractivity contribution in [3.8, 4) is 23.0 Å². The number of nitro groups is 1. The van der Waals surface area contributed by atoms with E-state index in [1.165, 1.54) is 25.3 Å². The number of nitrogens with zero attached hydrogens (tertiary/aromatic N) is 2. The lowest BCUT2D eigenvalue weighted by atomic mass is 10.2. The summed E-state index contributed by atoms with van der Waals surface area (Å²) in [5.74, 6) is -1.70. The number of ether oxygens (including phenoxy) is 1. The largest absolute Gasteiger partial charge is 0.504 e. The van der Waals surface area contributed by atoms with Crippen LogP contribution in [0, 0.1) is 10.1 Å². The van der Waals surface area contributed by atoms with Gasteiger partial charge in [0.1, 0.15) is 10.6 Å². The molecule has 0 aliphatic carbocycles. The van der Waals surface area contributed by atoms with Gasteiger partial charge in [0.2, 0.25) is 5.75 Å². The molecule has 0 aromatic heterocycles. The highest BCUT2D eigenvalue weighted by Gasteiger charge is 2.24. The zero-order chi connectivity index (χ0) is 24.2. The van der Waals surface area contributed by atoms with Crippen LogP contribution in [0.5, 0.6) is 23.0 Å². The maximum Gasteiger partial charge on any atom is 0.270 e. The zero-order valence-corrected chi connectivity index (χ0v) is 17.8. The molecular formula is C20H18N4O8S. The minimum atomic E-state index is -4.34. The standard InChI is InChI=1S/C20H18N4O8S/c1-32-17-5-3-2-4-14(17)23-33(30,31)18-10-13(24(28)29)7-8-15(18)22-21-11-12-6-9-16(25)20(27)19(12)26/h2-11,22-23,25-27H,1H3. The highest BCUT2D eigenvalue weighted by Crippen LogP contribution is 2.36. The summed E-state index contributed by atoms with van der Waals surface area (Å²) in [6, 6.07) is 11.7. The van der Waals surface area contributed by atoms with Crippen molar-refractivity contribution in [3.63, 3.8) is 0 Å². The van der Waals surface area contributed by atoms with Gasteiger partial charge in [0.05, 0.1) is 29.6 Å². The van der Waals surface area contributed by atoms with Gasteiger partial charge in [-0.2, -0.15) is 5.10 Å². The van der Waals surface area contributed by atoms with Crippen molar-refractivity contribution in [3.05, 3.63) is 70.3 Å². The third-order valence-corrected chi connectivity index (χ3v) is 5.77. The number of methoxy groups -OCH3 is 1. The molecule has 3 aromatic rings. The van der Waals surface area contributed by atoms with Crippen molar-refractivity contribution < 1.29 is 33.4 Å². The third kappa shape index (κ3) is 5.04. The number of phenolic OH excluding ortho intramolecular Hbond substituents is 3. The molecule has 12 nitrogen and oxygen atoms in total. The highest BCUT2D eigenvalue weighted by molar-refractivity contribution is 7.93. The fourth-order valence-electron chi connectivity index (χ4n) is 2.73. The van der Waals surface area contributed by atoms with Gasteiger partial charge >= 0.3 is 0 Å². The number of hydrogen-bond donors (Lipinski definition) is 5. The third-order valence-electron chi connectivity index (χ3n) is 4.37. The van der Waals surface area contributed by atoms with Crippen LogP contribution in [0.15, 0.2) is 64.6 Å². The number of nitrogens with one attached hydrogen (secondary N) is 2. The van der Waals surface area contributed by atoms with Gasteiger partial charge in [0.15, 0.2) is 11.5 Å². The fraction of sp³-hybridized carbons (Fsp3) is 0.0500. The van der Waals surface area contributed by atoms with E-state index < -0.39 is 42.8 Å². The number of hydrogen-bond acceptors (Lipinski definition) is 10. The van der Waals surface area contributed by atoms with Crippen molar-refractivity contribution in [2.75, 3.05) is 17.3 Å². The Kier molecular flexibility index (Phi) is 6.53. The van der Waals surface area contributed by atoms with Gasteiger partial charge in [0, 0.05) is 17.7 Å². The quantitative estimate of drug-likeness (QED) is 0.142. The molecule has 3 aromatic carbocycles. The van der Waals surface area contributed by atoms with E-state index in [1.54, 1.807) is 12.1 Å². The number of non-ortho nitro benzene ring substituents is 1. The molecule has 13 heteroatoms. The van der Waals surface area contributed by atoms with E-state index in [1.807, 2.05) is 0 Å². The van der Waals surface area contributed by atoms with Crippen LogP contribution in [-0.2, 0) is 10.0 Å². The first kappa shape index (κ1) is 23.1. The van der Waals surface area contributed by atoms with E-state index in [-0.39, 0.29) is 22.7 Å². The zero-order valence-electron chi connectivity index (χ0n) is 17.0. The molecule has 33 heavy (non-hydrogen) atoms. The number of phenols is 3. The molecule has 0 spiro atoms. The first-order valence-corrected chi connectivity index (χ1v) is 10.6. The lowest BCUT2D eigenvalue weighted by Crippen LogP contribution is -2.15. The van der Waals surface area contributed by atoms with Crippen LogP contribution in [0.1, 0.15) is 5.56 Å². The van der Waals surface area contributed by atoms with Crippen molar-refractivity contribution >= 4 is 33.3 Å². The number of nitro benzene ring substituents is 1. The molecule has 0 atom stereocenters. The normalized spacial score (nSPS) is 11.3. The second-order valence-electron chi connectivity index (χ2n) is 6.48. The van der Waals surface area contributed by atoms with Crippen molar-refractivity contribution in [1.82, 2.24) is 0 Å². The molecule has 5 N–H and O–H groups in total. The van der Waals surface area contributed by atoms with Gasteiger partial charge in [-0.15, -0.1) is 0 Å². The molecule has 0 radical (unpaired) electrons. The minimum absolute atomic E-state index is 0.0104. The van der Waals surface area contributed by atoms with Crippen LogP contribution in [-0.4, -0.2) is 42.0 Å². The average Bonchev–Trinajstić information content (AvgIpc) is 2.79. The summed E-state index contributed by atoms with van der Waals surface area (Å²) in [7, 11) is -2.98. The number of benzene rings is 3. The second kappa shape index (κ2) is 9.32. The van der Waals surface area contributed by atoms with Crippen LogP contribution in [0.3, 0.4) is 0 Å². The van der Waals surface area contributed by atoms with E-state index in [0.29, 0.717) is 0 Å². The Labute approximate surface area is 187 Å². The Balaban J connectivity index is 1.98. The molecule has 3 rings (SSSR count). The Hall–Kier alpha value is -4.52. The van der Waals surface area contributed by atoms with Crippen LogP contribution < -0.4 is 14.9 Å². The Morgan fingerprint density at radius 1 is 1.03 bits per heavy atom. The molecular weight excluding hydrogens is 456 g/mol. The van der Waals surface area contributed by atoms with Gasteiger partial charge < -0.3 is 20.1 Å². The fourth-order valence-corrected chi connectivity index (χ4v) is 3.98. The molecule has 0 fully saturated rings. The number of anilines is 2. The number of aromatic hydroxyl groups is 3. The SMILES string of the molecule is COc1ccccc1NS(=O)(=O)c1cc([N+](=O)[O-])ccc1NN=Cc1ccc(O)c(O)c1O. The number of sulfonamides is 1. The lowest BCUT2D eigenvalue weighted by Gasteiger charge is -2.14. The second-order valence-corrected chi connectivity index (χ2v) is 8.14. The predicted octanol–water partition coefficient (Wildman–Crippen LogP) is 2.97. The minimum Gasteiger partial charge on any atom is -0.504 e. The first-order valence-electron chi connectivity index (χ1n) is 9.11. The highest BCUT2D eigenvalue weighted by atomic mass is 32.2. The number of hydrazone groups is 1. The van der Waals surface area contributed by atoms with Gasteiger partial charge in [-0.3, -0.25) is 20.3 Å². The number of para-hydroxylation sites is 2. The average molecular weight is 474 g/mol. The smallest absolute Gasteiger partial charge is 0.270 e.